The van der Waals surface area contributed by atoms with Gasteiger partial charge in [0.05, 0.1) is 45.0 Å². The van der Waals surface area contributed by atoms with Crippen molar-refractivity contribution in [3.05, 3.63) is 12.2 Å². The molecule has 87 heavy (non-hydrogen) atoms. The number of unbranched alkanes of at least 4 members (excludes halogenated alkanes) is 6. The number of hydrogen-bond donors (Lipinski definition) is 14. The van der Waals surface area contributed by atoms with E-state index in [0.29, 0.717) is 25.2 Å². The van der Waals surface area contributed by atoms with Gasteiger partial charge < -0.3 is 83.4 Å². The van der Waals surface area contributed by atoms with E-state index < -0.39 is 195 Å². The molecule has 0 aromatic rings. The van der Waals surface area contributed by atoms with Crippen LogP contribution >= 0.6 is 0 Å². The van der Waals surface area contributed by atoms with E-state index in [2.05, 4.69) is 67.0 Å². The second-order valence-electron chi connectivity index (χ2n) is 22.4. The molecule has 3 aliphatic heterocycles. The van der Waals surface area contributed by atoms with E-state index >= 15 is 0 Å². The quantitative estimate of drug-likeness (QED) is 0.0378. The Morgan fingerprint density at radius 2 is 1.09 bits per heavy atom. The minimum atomic E-state index is -1.90. The molecule has 3 rings (SSSR count). The topological polar surface area (TPSA) is 464 Å². The van der Waals surface area contributed by atoms with Crippen molar-refractivity contribution < 1.29 is 92.3 Å². The van der Waals surface area contributed by atoms with Gasteiger partial charge in [-0.1, -0.05) is 78.7 Å². The number of nitrogens with zero attached hydrogens (tertiary/aromatic N) is 2. The predicted molar refractivity (Wildman–Crippen MR) is 307 cm³/mol. The first-order valence-corrected chi connectivity index (χ1v) is 29.6. The highest BCUT2D eigenvalue weighted by molar-refractivity contribution is 6.00. The molecule has 0 aromatic carbocycles. The zero-order valence-corrected chi connectivity index (χ0v) is 50.1. The highest BCUT2D eigenvalue weighted by atomic mass is 16.4. The van der Waals surface area contributed by atoms with Gasteiger partial charge in [0.2, 0.25) is 70.9 Å². The van der Waals surface area contributed by atoms with Crippen LogP contribution in [0, 0.1) is 11.8 Å². The average molecular weight is 1230 g/mol. The van der Waals surface area contributed by atoms with Crippen LogP contribution in [0.25, 0.3) is 0 Å². The summed E-state index contributed by atoms with van der Waals surface area (Å²) < 4.78 is 0. The van der Waals surface area contributed by atoms with Crippen molar-refractivity contribution in [1.29, 1.82) is 0 Å². The lowest BCUT2D eigenvalue weighted by Gasteiger charge is -2.37. The van der Waals surface area contributed by atoms with Gasteiger partial charge in [0, 0.05) is 19.6 Å². The number of aliphatic hydroxyl groups is 1. The van der Waals surface area contributed by atoms with Crippen molar-refractivity contribution in [2.24, 2.45) is 11.8 Å². The molecule has 0 spiro atoms. The molecule has 3 heterocycles. The minimum Gasteiger partial charge on any atom is -0.481 e. The van der Waals surface area contributed by atoms with Crippen LogP contribution < -0.4 is 53.2 Å². The molecule has 486 valence electrons. The summed E-state index contributed by atoms with van der Waals surface area (Å²) in [5.41, 5.74) is 0. The molecule has 0 bridgehead atoms. The van der Waals surface area contributed by atoms with E-state index in [1.165, 1.54) is 4.90 Å². The van der Waals surface area contributed by atoms with Gasteiger partial charge in [0.1, 0.15) is 48.3 Å². The van der Waals surface area contributed by atoms with Crippen LogP contribution in [0.1, 0.15) is 144 Å². The number of carboxylic acid groups (broad SMARTS) is 3. The normalized spacial score (nSPS) is 24.2. The molecule has 1 unspecified atom stereocenters. The first-order valence-electron chi connectivity index (χ1n) is 29.6. The summed E-state index contributed by atoms with van der Waals surface area (Å²) in [7, 11) is 0. The Balaban J connectivity index is 2.03. The van der Waals surface area contributed by atoms with Gasteiger partial charge in [-0.05, 0) is 69.8 Å². The number of piperidine rings is 1. The molecule has 10 atom stereocenters. The van der Waals surface area contributed by atoms with Gasteiger partial charge >= 0.3 is 17.9 Å². The number of carboxylic acids is 3. The van der Waals surface area contributed by atoms with Crippen molar-refractivity contribution in [3.63, 3.8) is 0 Å². The lowest BCUT2D eigenvalue weighted by atomic mass is 9.96. The van der Waals surface area contributed by atoms with Crippen molar-refractivity contribution in [3.8, 4) is 0 Å². The van der Waals surface area contributed by atoms with E-state index in [-0.39, 0.29) is 38.8 Å². The zero-order valence-electron chi connectivity index (χ0n) is 50.1. The van der Waals surface area contributed by atoms with E-state index in [1.807, 2.05) is 0 Å². The maximum Gasteiger partial charge on any atom is 0.305 e. The Hall–Kier alpha value is -8.25. The monoisotopic (exact) mass is 1230 g/mol. The molecular weight excluding hydrogens is 1140 g/mol. The lowest BCUT2D eigenvalue weighted by Crippen LogP contribution is -2.63. The average Bonchev–Trinajstić information content (AvgIpc) is 4.23. The fraction of sp³-hybridized carbons (Fsp3) is 0.696. The number of carbonyl (C=O) groups excluding carboxylic acids is 12. The van der Waals surface area contributed by atoms with Crippen LogP contribution in [0.5, 0.6) is 0 Å². The van der Waals surface area contributed by atoms with E-state index in [1.54, 1.807) is 19.9 Å². The van der Waals surface area contributed by atoms with Crippen molar-refractivity contribution >= 4 is 88.8 Å². The second-order valence-corrected chi connectivity index (χ2v) is 22.4. The molecule has 12 amide bonds. The van der Waals surface area contributed by atoms with Crippen molar-refractivity contribution in [2.45, 2.75) is 198 Å². The second kappa shape index (κ2) is 37.3. The molecule has 3 fully saturated rings. The highest BCUT2D eigenvalue weighted by Crippen LogP contribution is 2.23. The summed E-state index contributed by atoms with van der Waals surface area (Å²) in [6, 6.07) is -13.2. The number of amides is 12. The van der Waals surface area contributed by atoms with Gasteiger partial charge in [-0.15, -0.1) is 0 Å². The van der Waals surface area contributed by atoms with Gasteiger partial charge in [-0.3, -0.25) is 71.9 Å². The van der Waals surface area contributed by atoms with Gasteiger partial charge in [0.15, 0.2) is 0 Å². The van der Waals surface area contributed by atoms with E-state index in [4.69, 9.17) is 0 Å². The summed E-state index contributed by atoms with van der Waals surface area (Å²) in [5, 5.41) is 62.4. The molecule has 0 radical (unpaired) electrons. The maximum absolute atomic E-state index is 14.8. The third-order valence-electron chi connectivity index (χ3n) is 14.9. The molecular formula is C56H88N12O19. The fourth-order valence-electron chi connectivity index (χ4n) is 9.94. The summed E-state index contributed by atoms with van der Waals surface area (Å²) >= 11 is 0. The summed E-state index contributed by atoms with van der Waals surface area (Å²) in [6.07, 6.45) is 7.00. The Kier molecular flexibility index (Phi) is 31.3. The largest absolute Gasteiger partial charge is 0.481 e. The lowest BCUT2D eigenvalue weighted by molar-refractivity contribution is -0.146. The van der Waals surface area contributed by atoms with Crippen molar-refractivity contribution in [2.75, 3.05) is 39.3 Å². The first-order chi connectivity index (χ1) is 41.1. The number of carbonyl (C=O) groups is 15. The fourth-order valence-corrected chi connectivity index (χ4v) is 9.94. The molecule has 0 saturated carbocycles. The molecule has 3 saturated heterocycles. The summed E-state index contributed by atoms with van der Waals surface area (Å²) in [5.74, 6) is -17.3. The number of fused-ring (bicyclic) bond motifs is 2. The van der Waals surface area contributed by atoms with Gasteiger partial charge in [-0.25, -0.2) is 0 Å². The Morgan fingerprint density at radius 3 is 1.63 bits per heavy atom. The first kappa shape index (κ1) is 73.0. The van der Waals surface area contributed by atoms with E-state index in [0.717, 1.165) is 62.8 Å². The minimum absolute atomic E-state index is 0.0163. The van der Waals surface area contributed by atoms with Crippen LogP contribution in [0.15, 0.2) is 12.2 Å². The molecule has 14 N–H and O–H groups in total. The van der Waals surface area contributed by atoms with Gasteiger partial charge in [0.25, 0.3) is 0 Å². The molecule has 31 nitrogen and oxygen atoms in total. The van der Waals surface area contributed by atoms with Crippen molar-refractivity contribution in [1.82, 2.24) is 63.0 Å². The predicted octanol–water partition coefficient (Wildman–Crippen LogP) is -3.07. The van der Waals surface area contributed by atoms with Crippen LogP contribution in [-0.4, -0.2) is 213 Å². The number of rotatable bonds is 22. The Bertz CT molecular complexity index is 2510. The van der Waals surface area contributed by atoms with Gasteiger partial charge in [-0.2, -0.15) is 0 Å². The summed E-state index contributed by atoms with van der Waals surface area (Å²) in [4.78, 5) is 202. The SMILES string of the molecule is CC[C@H](C)[C@@H]1NC(=O)[C@@H](C(C)O)NC(=O)CNC(=O)[C@H](CC(=O)O)NC(=O)CNC(=O)[C@H](CC(=O)O)NC(=O)CNC(=O)[C@H]2CCCCN2C(=O)[C@@H](NC(=O)[C@H](CC(=O)O)NC(=O)/C=C/CCCCCCCCC(C)C)CNC(=O)[C@@H]2CCCN2C1=O. The highest BCUT2D eigenvalue weighted by Gasteiger charge is 2.43. The standard InChI is InChI=1S/C56H88N12O19/c1-6-32(4)47-56(87)68-23-17-20-39(68)52(83)57-27-37(64-51(82)36(26-46(78)79)61-40(70)21-14-12-10-8-7-9-11-13-18-31(2)3)55(86)67-22-16-15-19-38(67)53(84)60-29-42(72)63-34(24-44(74)75)49(80)58-28-41(71)62-35(25-45(76)77)50(81)59-30-43(73)65-48(33(5)69)54(85)66-47/h14,21,31-39,47-48,69H,6-13,15-20,22-30H2,1-5H3,(H,57,83)(H,58,80)(H,59,81)(H,60,84)(H,61,70)(H,62,71)(H,63,72)(H,64,82)(H,65,73)(H,66,85)(H,74,75)(H,76,77)(H,78,79)/b21-14+/t32-,33?,34-,35-,36-,37-,38+,39-,47-,48+/m0/s1. The summed E-state index contributed by atoms with van der Waals surface area (Å²) in [6.45, 7) is 5.02. The molecule has 0 aromatic heterocycles. The zero-order chi connectivity index (χ0) is 64.9. The number of allylic oxidation sites excluding steroid dienone is 1. The van der Waals surface area contributed by atoms with Crippen LogP contribution in [0.2, 0.25) is 0 Å². The van der Waals surface area contributed by atoms with Crippen LogP contribution in [-0.2, 0) is 71.9 Å². The number of aliphatic hydroxyl groups excluding tert-OH is 1. The Morgan fingerprint density at radius 1 is 0.586 bits per heavy atom. The third kappa shape index (κ3) is 25.7. The molecule has 0 aliphatic carbocycles. The maximum atomic E-state index is 14.8. The molecule has 3 aliphatic rings. The number of nitrogens with one attached hydrogen (secondary N) is 10. The Labute approximate surface area is 504 Å². The third-order valence-corrected chi connectivity index (χ3v) is 14.9. The smallest absolute Gasteiger partial charge is 0.305 e. The number of aliphatic carboxylic acids is 3. The van der Waals surface area contributed by atoms with Crippen LogP contribution in [0.3, 0.4) is 0 Å². The van der Waals surface area contributed by atoms with E-state index in [9.17, 15) is 92.3 Å². The molecule has 31 heteroatoms. The van der Waals surface area contributed by atoms with Crippen LogP contribution in [0.4, 0.5) is 0 Å². The number of hydrogen-bond acceptors (Lipinski definition) is 16.